The third-order valence-corrected chi connectivity index (χ3v) is 13.6. The van der Waals surface area contributed by atoms with Crippen LogP contribution in [0.25, 0.3) is 0 Å². The molecule has 0 aromatic heterocycles. The first-order valence-electron chi connectivity index (χ1n) is 17.5. The smallest absolute Gasteiger partial charge is 0.348 e. The lowest BCUT2D eigenvalue weighted by Gasteiger charge is -2.32. The number of halogens is 12. The van der Waals surface area contributed by atoms with E-state index in [0.29, 0.717) is 28.3 Å². The van der Waals surface area contributed by atoms with Crippen molar-refractivity contribution in [1.82, 2.24) is 10.6 Å². The maximum absolute atomic E-state index is 14.1. The van der Waals surface area contributed by atoms with Crippen LogP contribution in [0, 0.1) is 0 Å². The van der Waals surface area contributed by atoms with Gasteiger partial charge in [0.1, 0.15) is 0 Å². The fraction of sp³-hybridized carbons (Fsp3) is 0.220. The van der Waals surface area contributed by atoms with Crippen LogP contribution in [0.5, 0.6) is 0 Å². The molecular weight excluding hydrogens is 825 g/mol. The van der Waals surface area contributed by atoms with Gasteiger partial charge in [-0.15, -0.1) is 0 Å². The lowest BCUT2D eigenvalue weighted by molar-refractivity contribution is -0.144. The van der Waals surface area contributed by atoms with Crippen LogP contribution < -0.4 is 26.6 Å². The quantitative estimate of drug-likeness (QED) is 0.0864. The molecule has 0 saturated carbocycles. The summed E-state index contributed by atoms with van der Waals surface area (Å²) in [5, 5.41) is 7.92. The van der Waals surface area contributed by atoms with Crippen molar-refractivity contribution >= 4 is 35.5 Å². The van der Waals surface area contributed by atoms with Crippen molar-refractivity contribution in [2.45, 2.75) is 43.3 Å². The van der Waals surface area contributed by atoms with E-state index >= 15 is 0 Å². The van der Waals surface area contributed by atoms with Crippen molar-refractivity contribution < 1.29 is 62.3 Å². The highest BCUT2D eigenvalue weighted by molar-refractivity contribution is 7.88. The van der Waals surface area contributed by atoms with Gasteiger partial charge in [-0.05, 0) is 78.2 Å². The number of carbonyl (C=O) groups excluding carboxylic acids is 2. The molecule has 18 heteroatoms. The molecule has 0 aliphatic heterocycles. The van der Waals surface area contributed by atoms with E-state index in [-0.39, 0.29) is 48.6 Å². The molecule has 0 unspecified atom stereocenters. The largest absolute Gasteiger partial charge is 0.416 e. The lowest BCUT2D eigenvalue weighted by atomic mass is 10.1. The molecule has 0 aliphatic rings. The minimum absolute atomic E-state index is 0.0318. The predicted molar refractivity (Wildman–Crippen MR) is 200 cm³/mol. The van der Waals surface area contributed by atoms with Crippen molar-refractivity contribution in [3.8, 4) is 0 Å². The van der Waals surface area contributed by atoms with Crippen LogP contribution in [-0.2, 0) is 42.1 Å². The van der Waals surface area contributed by atoms with Gasteiger partial charge in [0.15, 0.2) is 0 Å². The molecule has 5 nitrogen and oxygen atoms in total. The van der Waals surface area contributed by atoms with E-state index in [0.717, 1.165) is 0 Å². The lowest BCUT2D eigenvalue weighted by Crippen LogP contribution is -2.47. The van der Waals surface area contributed by atoms with Crippen molar-refractivity contribution in [3.63, 3.8) is 0 Å². The summed E-state index contributed by atoms with van der Waals surface area (Å²) in [5.41, 5.74) is -6.83. The number of urea groups is 1. The maximum Gasteiger partial charge on any atom is 0.416 e. The monoisotopic (exact) mass is 858 g/mol. The fourth-order valence-corrected chi connectivity index (χ4v) is 11.0. The molecule has 3 N–H and O–H groups in total. The first-order valence-corrected chi connectivity index (χ1v) is 19.6. The van der Waals surface area contributed by atoms with Crippen LogP contribution in [0.15, 0.2) is 127 Å². The molecule has 3 amide bonds. The van der Waals surface area contributed by atoms with Gasteiger partial charge in [-0.2, -0.15) is 52.7 Å². The van der Waals surface area contributed by atoms with Gasteiger partial charge < -0.3 is 16.0 Å². The van der Waals surface area contributed by atoms with Gasteiger partial charge in [-0.25, -0.2) is 4.79 Å². The first kappa shape index (κ1) is 44.5. The van der Waals surface area contributed by atoms with Crippen molar-refractivity contribution in [1.29, 1.82) is 0 Å². The molecule has 5 aromatic carbocycles. The Morgan fingerprint density at radius 3 is 1.36 bits per heavy atom. The van der Waals surface area contributed by atoms with E-state index < -0.39 is 84.4 Å². The van der Waals surface area contributed by atoms with Gasteiger partial charge in [0, 0.05) is 5.69 Å². The van der Waals surface area contributed by atoms with Crippen molar-refractivity contribution in [2.24, 2.45) is 0 Å². The normalized spacial score (nSPS) is 13.1. The number of carbonyl (C=O) groups is 2. The molecule has 0 radical (unpaired) electrons. The highest BCUT2D eigenvalue weighted by atomic mass is 31.2. The Morgan fingerprint density at radius 2 is 0.932 bits per heavy atom. The van der Waals surface area contributed by atoms with Crippen LogP contribution in [0.4, 0.5) is 63.2 Å². The summed E-state index contributed by atoms with van der Waals surface area (Å²) in [6.07, 6.45) is -20.9. The summed E-state index contributed by atoms with van der Waals surface area (Å²) < 4.78 is 164. The molecule has 0 aliphatic carbocycles. The molecule has 5 aromatic rings. The average molecular weight is 859 g/mol. The predicted octanol–water partition coefficient (Wildman–Crippen LogP) is 10.5. The zero-order valence-corrected chi connectivity index (χ0v) is 31.2. The van der Waals surface area contributed by atoms with Crippen LogP contribution >= 0.6 is 7.26 Å². The molecule has 0 spiro atoms. The Balaban J connectivity index is 1.51. The van der Waals surface area contributed by atoms with Gasteiger partial charge in [0.2, 0.25) is 5.91 Å². The number of hydrogen-bond acceptors (Lipinski definition) is 2. The highest BCUT2D eigenvalue weighted by Crippen LogP contribution is 2.60. The first-order chi connectivity index (χ1) is 27.5. The molecule has 59 heavy (non-hydrogen) atoms. The summed E-state index contributed by atoms with van der Waals surface area (Å²) in [5.74, 6) is -0.876. The zero-order valence-electron chi connectivity index (χ0n) is 30.3. The highest BCUT2D eigenvalue weighted by Gasteiger charge is 2.47. The van der Waals surface area contributed by atoms with E-state index in [1.54, 1.807) is 91.0 Å². The molecule has 312 valence electrons. The molecule has 1 atom stereocenters. The van der Waals surface area contributed by atoms with E-state index in [2.05, 4.69) is 10.6 Å². The second kappa shape index (κ2) is 17.7. The van der Waals surface area contributed by atoms with Crippen LogP contribution in [0.1, 0.15) is 33.4 Å². The van der Waals surface area contributed by atoms with Gasteiger partial charge >= 0.3 is 30.7 Å². The SMILES string of the molecule is O=C(CNC(=O)Nc1cc(C(F)(F)F)cc(C(F)(F)F)c1)N[C@@H](Cc1ccccc1)C[P+](Cc1cc(C(F)(F)F)cc(C(F)(F)F)c1)(c1ccccc1)c1ccccc1. The van der Waals surface area contributed by atoms with Crippen LogP contribution in [-0.4, -0.2) is 30.7 Å². The minimum Gasteiger partial charge on any atom is -0.348 e. The fourth-order valence-electron chi connectivity index (χ4n) is 6.53. The molecule has 0 fully saturated rings. The van der Waals surface area contributed by atoms with Gasteiger partial charge in [-0.3, -0.25) is 4.79 Å². The third kappa shape index (κ3) is 12.0. The van der Waals surface area contributed by atoms with E-state index in [4.69, 9.17) is 0 Å². The summed E-state index contributed by atoms with van der Waals surface area (Å²) in [6.45, 7) is -0.840. The number of nitrogens with one attached hydrogen (secondary N) is 3. The second-order valence-electron chi connectivity index (χ2n) is 13.5. The molecule has 0 saturated heterocycles. The zero-order chi connectivity index (χ0) is 43.2. The van der Waals surface area contributed by atoms with Gasteiger partial charge in [0.05, 0.1) is 65.0 Å². The number of anilines is 1. The van der Waals surface area contributed by atoms with E-state index in [1.165, 1.54) is 0 Å². The molecule has 5 rings (SSSR count). The van der Waals surface area contributed by atoms with E-state index in [9.17, 15) is 62.3 Å². The number of rotatable bonds is 12. The van der Waals surface area contributed by atoms with Crippen LogP contribution in [0.3, 0.4) is 0 Å². The standard InChI is InChI=1S/C41H32F12N3O2P/c42-38(43,44)28-16-27(17-29(19-28)39(45,46)47)24-59(34-12-6-2-7-13-34,35-14-8-3-9-15-35)25-33(18-26-10-4-1-5-11-26)55-36(57)23-54-37(58)56-32-21-30(40(48,49)50)20-31(22-32)41(51,52)53/h1-17,19-22,33H,18,23-25H2,(H2-,54,55,56,57,58)/p+1/t33-/m0/s1. The second-order valence-corrected chi connectivity index (χ2v) is 17.1. The van der Waals surface area contributed by atoms with E-state index in [1.807, 2.05) is 5.32 Å². The Hall–Kier alpha value is -5.57. The Labute approximate surface area is 330 Å². The Morgan fingerprint density at radius 1 is 0.525 bits per heavy atom. The number of amides is 3. The molecular formula is C41H33F12N3O2P+. The number of benzene rings is 5. The summed E-state index contributed by atoms with van der Waals surface area (Å²) in [4.78, 5) is 26.2. The Bertz CT molecular complexity index is 2110. The molecule has 0 heterocycles. The number of alkyl halides is 12. The topological polar surface area (TPSA) is 70.2 Å². The van der Waals surface area contributed by atoms with Crippen LogP contribution in [0.2, 0.25) is 0 Å². The van der Waals surface area contributed by atoms with Gasteiger partial charge in [-0.1, -0.05) is 66.7 Å². The van der Waals surface area contributed by atoms with Crippen molar-refractivity contribution in [3.05, 3.63) is 161 Å². The summed E-state index contributed by atoms with van der Waals surface area (Å²) in [6, 6.07) is 25.0. The molecule has 0 bridgehead atoms. The number of hydrogen-bond donors (Lipinski definition) is 3. The minimum atomic E-state index is -5.19. The van der Waals surface area contributed by atoms with Crippen molar-refractivity contribution in [2.75, 3.05) is 18.0 Å². The Kier molecular flexibility index (Phi) is 13.4. The maximum atomic E-state index is 14.1. The third-order valence-electron chi connectivity index (χ3n) is 9.08. The average Bonchev–Trinajstić information content (AvgIpc) is 3.16. The van der Waals surface area contributed by atoms with Gasteiger partial charge in [0.25, 0.3) is 0 Å². The summed E-state index contributed by atoms with van der Waals surface area (Å²) >= 11 is 0. The summed E-state index contributed by atoms with van der Waals surface area (Å²) in [7, 11) is -3.17.